The van der Waals surface area contributed by atoms with Crippen molar-refractivity contribution in [1.29, 1.82) is 0 Å². The molecule has 0 unspecified atom stereocenters. The second-order valence-electron chi connectivity index (χ2n) is 6.64. The lowest BCUT2D eigenvalue weighted by molar-refractivity contribution is -0.116. The summed E-state index contributed by atoms with van der Waals surface area (Å²) in [6, 6.07) is 5.66. The van der Waals surface area contributed by atoms with E-state index in [1.165, 1.54) is 11.4 Å². The maximum absolute atomic E-state index is 12.6. The molecule has 1 heterocycles. The van der Waals surface area contributed by atoms with Crippen molar-refractivity contribution in [3.63, 3.8) is 0 Å². The highest BCUT2D eigenvalue weighted by atomic mass is 32.2. The van der Waals surface area contributed by atoms with Crippen LogP contribution in [0.2, 0.25) is 0 Å². The van der Waals surface area contributed by atoms with Crippen LogP contribution in [0.1, 0.15) is 30.9 Å². The van der Waals surface area contributed by atoms with Gasteiger partial charge in [-0.2, -0.15) is 17.0 Å². The van der Waals surface area contributed by atoms with Gasteiger partial charge in [-0.3, -0.25) is 4.79 Å². The lowest BCUT2D eigenvalue weighted by Gasteiger charge is -2.32. The first-order chi connectivity index (χ1) is 11.2. The average Bonchev–Trinajstić information content (AvgIpc) is 2.52. The number of likely N-dealkylation sites (N-methyl/N-ethyl adjacent to an activating group) is 1. The van der Waals surface area contributed by atoms with E-state index in [2.05, 4.69) is 12.2 Å². The molecule has 6 nitrogen and oxygen atoms in total. The van der Waals surface area contributed by atoms with E-state index in [0.717, 1.165) is 34.0 Å². The van der Waals surface area contributed by atoms with E-state index in [4.69, 9.17) is 0 Å². The predicted molar refractivity (Wildman–Crippen MR) is 96.1 cm³/mol. The molecular formula is C17H27N3O3S. The molecular weight excluding hydrogens is 326 g/mol. The number of carbonyl (C=O) groups excluding carboxylic acids is 1. The monoisotopic (exact) mass is 353 g/mol. The molecule has 24 heavy (non-hydrogen) atoms. The molecule has 0 spiro atoms. The van der Waals surface area contributed by atoms with Crippen molar-refractivity contribution in [3.05, 3.63) is 29.3 Å². The summed E-state index contributed by atoms with van der Waals surface area (Å²) in [5.74, 6) is 0.217. The second-order valence-corrected chi connectivity index (χ2v) is 8.68. The van der Waals surface area contributed by atoms with Gasteiger partial charge in [0.05, 0.1) is 6.54 Å². The number of anilines is 1. The number of carbonyl (C=O) groups is 1. The topological polar surface area (TPSA) is 69.7 Å². The Labute approximate surface area is 145 Å². The van der Waals surface area contributed by atoms with Gasteiger partial charge in [0.25, 0.3) is 10.2 Å². The van der Waals surface area contributed by atoms with E-state index in [1.54, 1.807) is 0 Å². The van der Waals surface area contributed by atoms with Crippen molar-refractivity contribution < 1.29 is 13.2 Å². The molecule has 1 aliphatic heterocycles. The van der Waals surface area contributed by atoms with Crippen LogP contribution in [0.3, 0.4) is 0 Å². The number of aryl methyl sites for hydroxylation is 1. The quantitative estimate of drug-likeness (QED) is 0.882. The van der Waals surface area contributed by atoms with Gasteiger partial charge in [-0.1, -0.05) is 19.1 Å². The number of hydrogen-bond donors (Lipinski definition) is 1. The fourth-order valence-corrected chi connectivity index (χ4v) is 4.12. The fourth-order valence-electron chi connectivity index (χ4n) is 2.77. The molecule has 0 atom stereocenters. The third-order valence-corrected chi connectivity index (χ3v) is 6.64. The molecule has 134 valence electrons. The molecule has 0 aliphatic carbocycles. The zero-order valence-corrected chi connectivity index (χ0v) is 15.7. The van der Waals surface area contributed by atoms with Gasteiger partial charge >= 0.3 is 0 Å². The minimum absolute atomic E-state index is 0.193. The summed E-state index contributed by atoms with van der Waals surface area (Å²) in [6.45, 7) is 6.88. The Morgan fingerprint density at radius 1 is 1.29 bits per heavy atom. The standard InChI is InChI=1S/C17H27N3O3S/c1-13-8-10-20(11-9-13)24(22,23)19(4)12-17(21)18-16-7-5-6-14(2)15(16)3/h5-7,13H,8-12H2,1-4H3,(H,18,21). The zero-order valence-electron chi connectivity index (χ0n) is 14.9. The molecule has 1 aromatic rings. The summed E-state index contributed by atoms with van der Waals surface area (Å²) in [5.41, 5.74) is 2.79. The molecule has 7 heteroatoms. The number of nitrogens with one attached hydrogen (secondary N) is 1. The van der Waals surface area contributed by atoms with Crippen LogP contribution in [0.4, 0.5) is 5.69 Å². The average molecular weight is 353 g/mol. The largest absolute Gasteiger partial charge is 0.325 e. The Bertz CT molecular complexity index is 695. The molecule has 2 rings (SSSR count). The van der Waals surface area contributed by atoms with Crippen LogP contribution in [-0.2, 0) is 15.0 Å². The number of nitrogens with zero attached hydrogens (tertiary/aromatic N) is 2. The van der Waals surface area contributed by atoms with Crippen molar-refractivity contribution in [1.82, 2.24) is 8.61 Å². The Kier molecular flexibility index (Phi) is 6.01. The summed E-state index contributed by atoms with van der Waals surface area (Å²) in [7, 11) is -2.13. The molecule has 0 saturated carbocycles. The van der Waals surface area contributed by atoms with Gasteiger partial charge in [-0.25, -0.2) is 0 Å². The molecule has 0 radical (unpaired) electrons. The summed E-state index contributed by atoms with van der Waals surface area (Å²) < 4.78 is 27.7. The van der Waals surface area contributed by atoms with E-state index in [9.17, 15) is 13.2 Å². The van der Waals surface area contributed by atoms with Gasteiger partial charge in [0.1, 0.15) is 0 Å². The van der Waals surface area contributed by atoms with Crippen LogP contribution >= 0.6 is 0 Å². The Morgan fingerprint density at radius 3 is 2.54 bits per heavy atom. The van der Waals surface area contributed by atoms with Gasteiger partial charge in [0.2, 0.25) is 5.91 Å². The highest BCUT2D eigenvalue weighted by molar-refractivity contribution is 7.86. The van der Waals surface area contributed by atoms with Gasteiger partial charge in [-0.05, 0) is 49.8 Å². The van der Waals surface area contributed by atoms with Crippen molar-refractivity contribution in [2.24, 2.45) is 5.92 Å². The van der Waals surface area contributed by atoms with Gasteiger partial charge < -0.3 is 5.32 Å². The first-order valence-corrected chi connectivity index (χ1v) is 9.69. The normalized spacial score (nSPS) is 17.2. The number of amides is 1. The van der Waals surface area contributed by atoms with Crippen LogP contribution in [0.25, 0.3) is 0 Å². The predicted octanol–water partition coefficient (Wildman–Crippen LogP) is 2.15. The van der Waals surface area contributed by atoms with E-state index in [1.807, 2.05) is 32.0 Å². The van der Waals surface area contributed by atoms with E-state index in [-0.39, 0.29) is 12.5 Å². The first kappa shape index (κ1) is 18.9. The van der Waals surface area contributed by atoms with Gasteiger partial charge in [-0.15, -0.1) is 0 Å². The number of benzene rings is 1. The molecule has 1 saturated heterocycles. The highest BCUT2D eigenvalue weighted by Crippen LogP contribution is 2.21. The maximum atomic E-state index is 12.6. The summed E-state index contributed by atoms with van der Waals surface area (Å²) >= 11 is 0. The van der Waals surface area contributed by atoms with Gasteiger partial charge in [0, 0.05) is 25.8 Å². The van der Waals surface area contributed by atoms with Crippen LogP contribution in [0.15, 0.2) is 18.2 Å². The Morgan fingerprint density at radius 2 is 1.92 bits per heavy atom. The number of piperidine rings is 1. The lowest BCUT2D eigenvalue weighted by atomic mass is 10.0. The molecule has 0 aromatic heterocycles. The third-order valence-electron chi connectivity index (χ3n) is 4.71. The second kappa shape index (κ2) is 7.63. The minimum atomic E-state index is -3.59. The Hall–Kier alpha value is -1.44. The molecule has 1 aromatic carbocycles. The number of hydrogen-bond acceptors (Lipinski definition) is 3. The third kappa shape index (κ3) is 4.34. The molecule has 1 fully saturated rings. The number of rotatable bonds is 5. The highest BCUT2D eigenvalue weighted by Gasteiger charge is 2.30. The summed E-state index contributed by atoms with van der Waals surface area (Å²) in [6.07, 6.45) is 1.73. The fraction of sp³-hybridized carbons (Fsp3) is 0.588. The molecule has 1 amide bonds. The first-order valence-electron chi connectivity index (χ1n) is 8.29. The van der Waals surface area contributed by atoms with Crippen LogP contribution in [0, 0.1) is 19.8 Å². The van der Waals surface area contributed by atoms with Crippen LogP contribution < -0.4 is 5.32 Å². The Balaban J connectivity index is 1.99. The van der Waals surface area contributed by atoms with Gasteiger partial charge in [0.15, 0.2) is 0 Å². The molecule has 1 N–H and O–H groups in total. The zero-order chi connectivity index (χ0) is 17.9. The minimum Gasteiger partial charge on any atom is -0.325 e. The summed E-state index contributed by atoms with van der Waals surface area (Å²) in [5, 5.41) is 2.80. The van der Waals surface area contributed by atoms with Crippen molar-refractivity contribution >= 4 is 21.8 Å². The van der Waals surface area contributed by atoms with Crippen molar-refractivity contribution in [2.75, 3.05) is 32.0 Å². The smallest absolute Gasteiger partial charge is 0.282 e. The summed E-state index contributed by atoms with van der Waals surface area (Å²) in [4.78, 5) is 12.2. The molecule has 0 bridgehead atoms. The lowest BCUT2D eigenvalue weighted by Crippen LogP contribution is -2.47. The van der Waals surface area contributed by atoms with E-state index in [0.29, 0.717) is 19.0 Å². The van der Waals surface area contributed by atoms with E-state index < -0.39 is 10.2 Å². The van der Waals surface area contributed by atoms with Crippen LogP contribution in [-0.4, -0.2) is 49.6 Å². The van der Waals surface area contributed by atoms with Crippen molar-refractivity contribution in [3.8, 4) is 0 Å². The van der Waals surface area contributed by atoms with E-state index >= 15 is 0 Å². The maximum Gasteiger partial charge on any atom is 0.282 e. The SMILES string of the molecule is Cc1cccc(NC(=O)CN(C)S(=O)(=O)N2CCC(C)CC2)c1C. The van der Waals surface area contributed by atoms with Crippen LogP contribution in [0.5, 0.6) is 0 Å². The van der Waals surface area contributed by atoms with Crippen molar-refractivity contribution in [2.45, 2.75) is 33.6 Å². The molecule has 1 aliphatic rings.